The lowest BCUT2D eigenvalue weighted by molar-refractivity contribution is -0.384. The average Bonchev–Trinajstić information content (AvgIpc) is 2.74. The fourth-order valence-corrected chi connectivity index (χ4v) is 2.57. The molecule has 2 heterocycles. The van der Waals surface area contributed by atoms with Crippen molar-refractivity contribution in [3.05, 3.63) is 80.9 Å². The van der Waals surface area contributed by atoms with Crippen LogP contribution in [0.25, 0.3) is 11.3 Å². The van der Waals surface area contributed by atoms with E-state index in [9.17, 15) is 25.0 Å². The van der Waals surface area contributed by atoms with Crippen LogP contribution in [0.2, 0.25) is 0 Å². The number of nitro benzene ring substituents is 1. The molecule has 0 radical (unpaired) electrons. The van der Waals surface area contributed by atoms with Gasteiger partial charge in [0.1, 0.15) is 12.1 Å². The first kappa shape index (κ1) is 19.4. The van der Waals surface area contributed by atoms with Crippen molar-refractivity contribution in [2.75, 3.05) is 5.32 Å². The second kappa shape index (κ2) is 8.10. The van der Waals surface area contributed by atoms with Crippen LogP contribution in [0, 0.1) is 21.4 Å². The molecule has 1 amide bonds. The smallest absolute Gasteiger partial charge is 0.270 e. The molecule has 3 rings (SSSR count). The minimum absolute atomic E-state index is 0.0643. The topological polar surface area (TPSA) is 144 Å². The highest BCUT2D eigenvalue weighted by atomic mass is 16.6. The lowest BCUT2D eigenvalue weighted by Crippen LogP contribution is -2.33. The molecular formula is C19H14N6O4. The first-order valence-electron chi connectivity index (χ1n) is 8.40. The number of nitrogens with zero attached hydrogens (tertiary/aromatic N) is 5. The zero-order valence-corrected chi connectivity index (χ0v) is 15.1. The zero-order valence-electron chi connectivity index (χ0n) is 15.1. The van der Waals surface area contributed by atoms with Gasteiger partial charge in [-0.15, -0.1) is 0 Å². The number of non-ortho nitro benzene ring substituents is 1. The van der Waals surface area contributed by atoms with E-state index in [2.05, 4.69) is 15.4 Å². The predicted molar refractivity (Wildman–Crippen MR) is 103 cm³/mol. The number of rotatable bonds is 5. The maximum atomic E-state index is 12.6. The van der Waals surface area contributed by atoms with Gasteiger partial charge in [0.2, 0.25) is 5.91 Å². The van der Waals surface area contributed by atoms with Gasteiger partial charge in [0.05, 0.1) is 21.9 Å². The highest BCUT2D eigenvalue weighted by Gasteiger charge is 2.20. The van der Waals surface area contributed by atoms with Crippen molar-refractivity contribution in [2.45, 2.75) is 13.0 Å². The van der Waals surface area contributed by atoms with Crippen LogP contribution in [0.5, 0.6) is 0 Å². The summed E-state index contributed by atoms with van der Waals surface area (Å²) in [6, 6.07) is 10.6. The number of nitriles is 1. The summed E-state index contributed by atoms with van der Waals surface area (Å²) in [6.07, 6.45) is 3.17. The summed E-state index contributed by atoms with van der Waals surface area (Å²) < 4.78 is 1.03. The maximum absolute atomic E-state index is 12.6. The number of nitrogens with one attached hydrogen (secondary N) is 1. The molecule has 0 spiro atoms. The first-order chi connectivity index (χ1) is 13.9. The van der Waals surface area contributed by atoms with Gasteiger partial charge in [0.25, 0.3) is 11.2 Å². The van der Waals surface area contributed by atoms with E-state index in [0.29, 0.717) is 5.69 Å². The third-order valence-corrected chi connectivity index (χ3v) is 4.14. The van der Waals surface area contributed by atoms with Crippen LogP contribution >= 0.6 is 0 Å². The monoisotopic (exact) mass is 390 g/mol. The van der Waals surface area contributed by atoms with E-state index in [4.69, 9.17) is 0 Å². The number of hydrogen-bond acceptors (Lipinski definition) is 7. The number of aromatic nitrogens is 3. The minimum atomic E-state index is -0.994. The summed E-state index contributed by atoms with van der Waals surface area (Å²) in [6.45, 7) is 1.48. The zero-order chi connectivity index (χ0) is 21.0. The summed E-state index contributed by atoms with van der Waals surface area (Å²) in [7, 11) is 0. The fraction of sp³-hybridized carbons (Fsp3) is 0.105. The van der Waals surface area contributed by atoms with Crippen LogP contribution in [0.3, 0.4) is 0 Å². The number of nitro groups is 1. The Labute approximate surface area is 164 Å². The van der Waals surface area contributed by atoms with Crippen LogP contribution in [0.4, 0.5) is 11.4 Å². The van der Waals surface area contributed by atoms with Crippen LogP contribution < -0.4 is 10.9 Å². The Kier molecular flexibility index (Phi) is 5.41. The van der Waals surface area contributed by atoms with Crippen molar-refractivity contribution in [3.63, 3.8) is 0 Å². The molecule has 0 aliphatic heterocycles. The van der Waals surface area contributed by atoms with Crippen molar-refractivity contribution in [3.8, 4) is 17.3 Å². The molecule has 1 N–H and O–H groups in total. The molecule has 2 aromatic heterocycles. The Morgan fingerprint density at radius 1 is 1.24 bits per heavy atom. The molecule has 1 atom stereocenters. The molecule has 0 fully saturated rings. The molecule has 0 aliphatic rings. The van der Waals surface area contributed by atoms with E-state index in [1.54, 1.807) is 30.6 Å². The summed E-state index contributed by atoms with van der Waals surface area (Å²) in [5.74, 6) is -0.600. The van der Waals surface area contributed by atoms with E-state index >= 15 is 0 Å². The Morgan fingerprint density at radius 3 is 2.62 bits per heavy atom. The van der Waals surface area contributed by atoms with Gasteiger partial charge < -0.3 is 5.32 Å². The number of hydrogen-bond donors (Lipinski definition) is 1. The SMILES string of the molecule is CC(C(=O)Nc1ccc([N+](=O)[O-])cc1C#N)n1nc(-c2ccncc2)ccc1=O. The maximum Gasteiger partial charge on any atom is 0.270 e. The third kappa shape index (κ3) is 4.14. The molecule has 0 saturated heterocycles. The summed E-state index contributed by atoms with van der Waals surface area (Å²) >= 11 is 0. The predicted octanol–water partition coefficient (Wildman–Crippen LogP) is 2.28. The van der Waals surface area contributed by atoms with Crippen molar-refractivity contribution in [1.82, 2.24) is 14.8 Å². The number of carbonyl (C=O) groups excluding carboxylic acids is 1. The quantitative estimate of drug-likeness (QED) is 0.520. The number of amides is 1. The third-order valence-electron chi connectivity index (χ3n) is 4.14. The molecule has 144 valence electrons. The summed E-state index contributed by atoms with van der Waals surface area (Å²) in [5, 5.41) is 26.8. The minimum Gasteiger partial charge on any atom is -0.323 e. The van der Waals surface area contributed by atoms with E-state index in [1.807, 2.05) is 6.07 Å². The van der Waals surface area contributed by atoms with Gasteiger partial charge in [-0.2, -0.15) is 10.4 Å². The molecular weight excluding hydrogens is 376 g/mol. The highest BCUT2D eigenvalue weighted by Crippen LogP contribution is 2.22. The van der Waals surface area contributed by atoms with Crippen molar-refractivity contribution < 1.29 is 9.72 Å². The largest absolute Gasteiger partial charge is 0.323 e. The van der Waals surface area contributed by atoms with Gasteiger partial charge in [0.15, 0.2) is 0 Å². The van der Waals surface area contributed by atoms with E-state index in [-0.39, 0.29) is 16.9 Å². The summed E-state index contributed by atoms with van der Waals surface area (Å²) in [5.41, 5.74) is 0.507. The number of benzene rings is 1. The van der Waals surface area contributed by atoms with Crippen LogP contribution in [0.1, 0.15) is 18.5 Å². The molecule has 0 bridgehead atoms. The molecule has 1 aromatic carbocycles. The van der Waals surface area contributed by atoms with E-state index in [0.717, 1.165) is 16.3 Å². The van der Waals surface area contributed by atoms with Gasteiger partial charge in [-0.25, -0.2) is 4.68 Å². The van der Waals surface area contributed by atoms with E-state index < -0.39 is 22.4 Å². The normalized spacial score (nSPS) is 11.3. The van der Waals surface area contributed by atoms with Crippen molar-refractivity contribution in [1.29, 1.82) is 5.26 Å². The van der Waals surface area contributed by atoms with Crippen molar-refractivity contribution in [2.24, 2.45) is 0 Å². The Hall–Kier alpha value is -4.39. The molecule has 29 heavy (non-hydrogen) atoms. The second-order valence-electron chi connectivity index (χ2n) is 6.00. The lowest BCUT2D eigenvalue weighted by Gasteiger charge is -2.15. The van der Waals surface area contributed by atoms with Gasteiger partial charge >= 0.3 is 0 Å². The molecule has 3 aromatic rings. The lowest BCUT2D eigenvalue weighted by atomic mass is 10.1. The number of pyridine rings is 1. The van der Waals surface area contributed by atoms with Crippen molar-refractivity contribution >= 4 is 17.3 Å². The number of anilines is 1. The van der Waals surface area contributed by atoms with Crippen LogP contribution in [-0.4, -0.2) is 25.6 Å². The van der Waals surface area contributed by atoms with Crippen LogP contribution in [0.15, 0.2) is 59.7 Å². The standard InChI is InChI=1S/C19H14N6O4/c1-12(19(27)22-16-3-2-15(25(28)29)10-14(16)11-20)24-18(26)5-4-17(23-24)13-6-8-21-9-7-13/h2-10,12H,1H3,(H,22,27). The molecule has 1 unspecified atom stereocenters. The van der Waals surface area contributed by atoms with Gasteiger partial charge in [0, 0.05) is 36.2 Å². The van der Waals surface area contributed by atoms with Gasteiger partial charge in [-0.3, -0.25) is 24.7 Å². The van der Waals surface area contributed by atoms with Gasteiger partial charge in [-0.1, -0.05) is 0 Å². The molecule has 0 aliphatic carbocycles. The van der Waals surface area contributed by atoms with Gasteiger partial charge in [-0.05, 0) is 31.2 Å². The fourth-order valence-electron chi connectivity index (χ4n) is 2.57. The van der Waals surface area contributed by atoms with Crippen LogP contribution in [-0.2, 0) is 4.79 Å². The molecule has 0 saturated carbocycles. The molecule has 10 heteroatoms. The first-order valence-corrected chi connectivity index (χ1v) is 8.40. The number of carbonyl (C=O) groups is 1. The Morgan fingerprint density at radius 2 is 1.97 bits per heavy atom. The highest BCUT2D eigenvalue weighted by molar-refractivity contribution is 5.94. The molecule has 10 nitrogen and oxygen atoms in total. The second-order valence-corrected chi connectivity index (χ2v) is 6.00. The average molecular weight is 390 g/mol. The Balaban J connectivity index is 1.89. The summed E-state index contributed by atoms with van der Waals surface area (Å²) in [4.78, 5) is 39.0. The van der Waals surface area contributed by atoms with E-state index in [1.165, 1.54) is 25.1 Å². The Bertz CT molecular complexity index is 1180.